The molecule has 28 heteroatoms. The van der Waals surface area contributed by atoms with Crippen LogP contribution in [0.15, 0.2) is 59.6 Å². The number of hydrogen-bond donors (Lipinski definition) is 13. The molecule has 0 saturated carbocycles. The van der Waals surface area contributed by atoms with E-state index in [1.165, 1.54) is 17.0 Å². The third-order valence-electron chi connectivity index (χ3n) is 11.9. The molecule has 414 valence electrons. The molecule has 2 aliphatic heterocycles. The summed E-state index contributed by atoms with van der Waals surface area (Å²) < 4.78 is -0.938. The van der Waals surface area contributed by atoms with Crippen LogP contribution in [0.25, 0.3) is 0 Å². The number of nitrogens with two attached hydrogens (primary N) is 5. The second kappa shape index (κ2) is 29.5. The fourth-order valence-corrected chi connectivity index (χ4v) is 10.8. The van der Waals surface area contributed by atoms with Gasteiger partial charge in [0.25, 0.3) is 0 Å². The first-order valence-corrected chi connectivity index (χ1v) is 26.6. The highest BCUT2D eigenvalue weighted by molar-refractivity contribution is 8.77. The number of amides is 11. The molecule has 0 radical (unpaired) electrons. The van der Waals surface area contributed by atoms with E-state index < -0.39 is 138 Å². The zero-order valence-corrected chi connectivity index (χ0v) is 43.8. The molecule has 0 aliphatic carbocycles. The molecule has 11 amide bonds. The standard InChI is InChI=1S/C48H68N14O12S2/c1-48(2)23-39(67)56-31(21-27-12-14-28(63)15-13-27)42(70)59-32(20-26-8-4-3-5-9-26)43(71)57-30(16-17-36(49)64)41(69)60-33(22-37(50)65)44(72)61-34(25-75-76-48)46(74)62-19-7-11-35(62)45(73)58-29(10-6-18-54-47(52)53)40(68)55-24-38(51)66/h3-5,8-9,12-15,29-35,63H,6-7,10-11,16-25H2,1-2H3,(H2,49,64)(H2,50,65)(H2,51,66)(H,55,68)(H,56,67)(H,57,71)(H,58,73)(H,59,70)(H,60,69)(H,61,72)(H4,52,53,54)/t29-,30-,31-,32+,33+,34+,35-/m0/s1. The van der Waals surface area contributed by atoms with Crippen molar-refractivity contribution in [1.82, 2.24) is 42.1 Å². The van der Waals surface area contributed by atoms with E-state index in [9.17, 15) is 57.8 Å². The second-order valence-electron chi connectivity index (χ2n) is 18.8. The topological polar surface area (TPSA) is 438 Å². The molecule has 2 fully saturated rings. The smallest absolute Gasteiger partial charge is 0.246 e. The monoisotopic (exact) mass is 1100 g/mol. The van der Waals surface area contributed by atoms with Gasteiger partial charge in [0.1, 0.15) is 48.0 Å². The number of aliphatic imine (C=N–C) groups is 1. The van der Waals surface area contributed by atoms with Gasteiger partial charge in [0.2, 0.25) is 65.0 Å². The van der Waals surface area contributed by atoms with Crippen molar-refractivity contribution in [2.75, 3.05) is 25.4 Å². The minimum absolute atomic E-state index is 0.00864. The fraction of sp³-hybridized carbons (Fsp3) is 0.500. The van der Waals surface area contributed by atoms with Gasteiger partial charge in [-0.25, -0.2) is 0 Å². The summed E-state index contributed by atoms with van der Waals surface area (Å²) in [6.07, 6.45) is -1.44. The third-order valence-corrected chi connectivity index (χ3v) is 15.2. The van der Waals surface area contributed by atoms with Gasteiger partial charge in [-0.15, -0.1) is 0 Å². The normalized spacial score (nSPS) is 22.2. The fourth-order valence-electron chi connectivity index (χ4n) is 8.13. The Bertz CT molecular complexity index is 2460. The Morgan fingerprint density at radius 3 is 1.97 bits per heavy atom. The number of rotatable bonds is 19. The molecular weight excluding hydrogens is 1030 g/mol. The second-order valence-corrected chi connectivity index (χ2v) is 21.8. The molecule has 26 nitrogen and oxygen atoms in total. The molecule has 2 aromatic carbocycles. The van der Waals surface area contributed by atoms with Crippen molar-refractivity contribution in [2.24, 2.45) is 33.7 Å². The Balaban J connectivity index is 1.73. The highest BCUT2D eigenvalue weighted by Crippen LogP contribution is 2.39. The van der Waals surface area contributed by atoms with Crippen molar-refractivity contribution < 1.29 is 57.8 Å². The third kappa shape index (κ3) is 20.6. The average Bonchev–Trinajstić information content (AvgIpc) is 3.85. The van der Waals surface area contributed by atoms with Gasteiger partial charge in [-0.05, 0) is 69.2 Å². The van der Waals surface area contributed by atoms with Gasteiger partial charge in [0, 0.05) is 49.3 Å². The Kier molecular flexibility index (Phi) is 23.6. The zero-order valence-electron chi connectivity index (χ0n) is 42.2. The number of primary amides is 3. The van der Waals surface area contributed by atoms with Crippen molar-refractivity contribution in [2.45, 2.75) is 125 Å². The average molecular weight is 1100 g/mol. The zero-order chi connectivity index (χ0) is 56.1. The number of phenolic OH excluding ortho intramolecular Hbond substituents is 1. The van der Waals surface area contributed by atoms with Crippen molar-refractivity contribution in [3.8, 4) is 5.75 Å². The van der Waals surface area contributed by atoms with Crippen LogP contribution in [-0.2, 0) is 65.6 Å². The molecular formula is C48H68N14O12S2. The van der Waals surface area contributed by atoms with E-state index in [0.29, 0.717) is 17.5 Å². The van der Waals surface area contributed by atoms with E-state index >= 15 is 0 Å². The lowest BCUT2D eigenvalue weighted by Gasteiger charge is -2.31. The lowest BCUT2D eigenvalue weighted by Crippen LogP contribution is -2.61. The Morgan fingerprint density at radius 2 is 1.36 bits per heavy atom. The minimum Gasteiger partial charge on any atom is -0.508 e. The van der Waals surface area contributed by atoms with E-state index in [0.717, 1.165) is 21.6 Å². The summed E-state index contributed by atoms with van der Waals surface area (Å²) in [6, 6.07) is 4.43. The van der Waals surface area contributed by atoms with Gasteiger partial charge in [0.05, 0.1) is 13.0 Å². The van der Waals surface area contributed by atoms with Gasteiger partial charge in [-0.3, -0.25) is 57.7 Å². The van der Waals surface area contributed by atoms with Crippen LogP contribution < -0.4 is 65.9 Å². The van der Waals surface area contributed by atoms with Crippen LogP contribution in [0.5, 0.6) is 5.75 Å². The predicted molar refractivity (Wildman–Crippen MR) is 281 cm³/mol. The number of guanidine groups is 1. The van der Waals surface area contributed by atoms with Crippen LogP contribution in [0.1, 0.15) is 76.3 Å². The highest BCUT2D eigenvalue weighted by atomic mass is 33.1. The van der Waals surface area contributed by atoms with Crippen LogP contribution in [0, 0.1) is 0 Å². The number of carbonyl (C=O) groups excluding carboxylic acids is 11. The summed E-state index contributed by atoms with van der Waals surface area (Å²) in [5, 5.41) is 28.0. The maximum atomic E-state index is 14.7. The summed E-state index contributed by atoms with van der Waals surface area (Å²) in [7, 11) is 2.22. The maximum absolute atomic E-state index is 14.7. The first-order chi connectivity index (χ1) is 35.9. The molecule has 7 atom stereocenters. The Morgan fingerprint density at radius 1 is 0.763 bits per heavy atom. The van der Waals surface area contributed by atoms with Crippen LogP contribution in [0.3, 0.4) is 0 Å². The SMILES string of the molecule is CC1(C)CC(=O)N[C@@H](Cc2ccc(O)cc2)C(=O)N[C@H](Cc2ccccc2)C(=O)N[C@@H](CCC(N)=O)C(=O)N[C@H](CC(N)=O)C(=O)N[C@@H](C(=O)N2CCC[C@H]2C(=O)N[C@@H](CCCN=C(N)N)C(=O)NCC(N)=O)CSS1. The number of phenols is 1. The molecule has 0 aromatic heterocycles. The number of likely N-dealkylation sites (tertiary alicyclic amines) is 1. The minimum atomic E-state index is -1.78. The molecule has 0 spiro atoms. The Hall–Kier alpha value is -7.62. The number of aromatic hydroxyl groups is 1. The lowest BCUT2D eigenvalue weighted by atomic mass is 10.0. The number of benzene rings is 2. The predicted octanol–water partition coefficient (Wildman–Crippen LogP) is -3.56. The van der Waals surface area contributed by atoms with Crippen molar-refractivity contribution in [3.05, 3.63) is 65.7 Å². The molecule has 2 aliphatic rings. The molecule has 2 heterocycles. The molecule has 76 heavy (non-hydrogen) atoms. The largest absolute Gasteiger partial charge is 0.508 e. The molecule has 0 unspecified atom stereocenters. The molecule has 0 bridgehead atoms. The van der Waals surface area contributed by atoms with Crippen LogP contribution >= 0.6 is 21.6 Å². The number of hydrogen-bond acceptors (Lipinski definition) is 15. The number of nitrogens with one attached hydrogen (secondary N) is 7. The number of carbonyl (C=O) groups is 11. The van der Waals surface area contributed by atoms with Gasteiger partial charge in [-0.2, -0.15) is 0 Å². The molecule has 2 aromatic rings. The first kappa shape index (κ1) is 60.9. The summed E-state index contributed by atoms with van der Waals surface area (Å²) in [5.41, 5.74) is 28.2. The summed E-state index contributed by atoms with van der Waals surface area (Å²) in [5.74, 6) is -9.95. The number of nitrogens with zero attached hydrogens (tertiary/aromatic N) is 2. The van der Waals surface area contributed by atoms with Crippen molar-refractivity contribution in [3.63, 3.8) is 0 Å². The molecule has 18 N–H and O–H groups in total. The van der Waals surface area contributed by atoms with E-state index in [1.54, 1.807) is 56.3 Å². The van der Waals surface area contributed by atoms with Crippen molar-refractivity contribution in [1.29, 1.82) is 0 Å². The van der Waals surface area contributed by atoms with Crippen LogP contribution in [-0.4, -0.2) is 153 Å². The first-order valence-electron chi connectivity index (χ1n) is 24.3. The lowest BCUT2D eigenvalue weighted by molar-refractivity contribution is -0.142. The highest BCUT2D eigenvalue weighted by Gasteiger charge is 2.41. The quantitative estimate of drug-likeness (QED) is 0.0280. The van der Waals surface area contributed by atoms with E-state index in [1.807, 2.05) is 0 Å². The summed E-state index contributed by atoms with van der Waals surface area (Å²) in [6.45, 7) is 3.03. The van der Waals surface area contributed by atoms with E-state index in [-0.39, 0.29) is 69.1 Å². The summed E-state index contributed by atoms with van der Waals surface area (Å²) in [4.78, 5) is 154. The van der Waals surface area contributed by atoms with E-state index in [2.05, 4.69) is 42.2 Å². The van der Waals surface area contributed by atoms with Gasteiger partial charge >= 0.3 is 0 Å². The van der Waals surface area contributed by atoms with Gasteiger partial charge in [0.15, 0.2) is 5.96 Å². The molecule has 2 saturated heterocycles. The van der Waals surface area contributed by atoms with Gasteiger partial charge < -0.3 is 75.9 Å². The Labute approximate surface area is 446 Å². The van der Waals surface area contributed by atoms with Gasteiger partial charge in [-0.1, -0.05) is 64.1 Å². The summed E-state index contributed by atoms with van der Waals surface area (Å²) >= 11 is 0. The maximum Gasteiger partial charge on any atom is 0.246 e. The molecule has 4 rings (SSSR count). The van der Waals surface area contributed by atoms with Crippen molar-refractivity contribution >= 4 is 92.5 Å². The van der Waals surface area contributed by atoms with Crippen LogP contribution in [0.2, 0.25) is 0 Å². The van der Waals surface area contributed by atoms with E-state index in [4.69, 9.17) is 28.7 Å². The van der Waals surface area contributed by atoms with Crippen LogP contribution in [0.4, 0.5) is 0 Å².